The van der Waals surface area contributed by atoms with Crippen molar-refractivity contribution in [2.24, 2.45) is 0 Å². The molecule has 0 aliphatic rings. The van der Waals surface area contributed by atoms with E-state index >= 15 is 0 Å². The Morgan fingerprint density at radius 1 is 1.00 bits per heavy atom. The maximum Gasteiger partial charge on any atom is 0.333 e. The molecule has 1 aromatic rings. The zero-order chi connectivity index (χ0) is 14.9. The van der Waals surface area contributed by atoms with Gasteiger partial charge in [-0.2, -0.15) is 0 Å². The predicted molar refractivity (Wildman–Crippen MR) is 82.8 cm³/mol. The van der Waals surface area contributed by atoms with Crippen LogP contribution < -0.4 is 0 Å². The first kappa shape index (κ1) is 19.0. The summed E-state index contributed by atoms with van der Waals surface area (Å²) in [6, 6.07) is 12.0. The summed E-state index contributed by atoms with van der Waals surface area (Å²) in [5.41, 5.74) is 0.414. The third-order valence-corrected chi connectivity index (χ3v) is 1.51. The molecule has 0 spiro atoms. The van der Waals surface area contributed by atoms with E-state index in [0.29, 0.717) is 5.57 Å². The van der Waals surface area contributed by atoms with Gasteiger partial charge in [0, 0.05) is 5.57 Å². The first-order chi connectivity index (χ1) is 9.09. The number of ether oxygens (including phenoxy) is 1. The molecule has 1 rings (SSSR count). The molecule has 0 atom stereocenters. The van der Waals surface area contributed by atoms with E-state index in [4.69, 9.17) is 0 Å². The second kappa shape index (κ2) is 15.7. The second-order valence-corrected chi connectivity index (χ2v) is 3.29. The van der Waals surface area contributed by atoms with E-state index in [2.05, 4.69) is 31.1 Å². The number of rotatable bonds is 4. The summed E-state index contributed by atoms with van der Waals surface area (Å²) in [5, 5.41) is 0. The third-order valence-electron chi connectivity index (χ3n) is 1.51. The summed E-state index contributed by atoms with van der Waals surface area (Å²) >= 11 is 0. The van der Waals surface area contributed by atoms with E-state index in [9.17, 15) is 4.79 Å². The lowest BCUT2D eigenvalue weighted by molar-refractivity contribution is -0.137. The van der Waals surface area contributed by atoms with Gasteiger partial charge in [0.25, 0.3) is 0 Å². The van der Waals surface area contributed by atoms with Crippen LogP contribution in [-0.2, 0) is 9.53 Å². The van der Waals surface area contributed by atoms with Gasteiger partial charge in [-0.05, 0) is 6.92 Å². The summed E-state index contributed by atoms with van der Waals surface area (Å²) in [6.07, 6.45) is 4.79. The zero-order valence-corrected chi connectivity index (χ0v) is 11.5. The zero-order valence-electron chi connectivity index (χ0n) is 11.5. The van der Waals surface area contributed by atoms with E-state index in [1.165, 1.54) is 6.08 Å². The highest BCUT2D eigenvalue weighted by molar-refractivity contribution is 5.86. The molecule has 2 nitrogen and oxygen atoms in total. The normalized spacial score (nSPS) is 7.42. The van der Waals surface area contributed by atoms with Crippen LogP contribution in [0.1, 0.15) is 6.92 Å². The molecular formula is C17H22O2. The minimum Gasteiger partial charge on any atom is -0.458 e. The molecule has 0 N–H and O–H groups in total. The van der Waals surface area contributed by atoms with Crippen LogP contribution >= 0.6 is 0 Å². The Morgan fingerprint density at radius 2 is 1.37 bits per heavy atom. The highest BCUT2D eigenvalue weighted by Crippen LogP contribution is 1.90. The summed E-state index contributed by atoms with van der Waals surface area (Å²) in [4.78, 5) is 10.5. The summed E-state index contributed by atoms with van der Waals surface area (Å²) < 4.78 is 4.60. The number of allylic oxidation sites excluding steroid dienone is 2. The van der Waals surface area contributed by atoms with Crippen LogP contribution in [0, 0.1) is 0 Å². The first-order valence-electron chi connectivity index (χ1n) is 5.77. The number of hydrogen-bond acceptors (Lipinski definition) is 2. The van der Waals surface area contributed by atoms with Crippen LogP contribution in [0.5, 0.6) is 0 Å². The molecule has 0 bridgehead atoms. The molecule has 19 heavy (non-hydrogen) atoms. The molecular weight excluding hydrogens is 236 g/mol. The van der Waals surface area contributed by atoms with Gasteiger partial charge in [0.1, 0.15) is 6.61 Å². The lowest BCUT2D eigenvalue weighted by Crippen LogP contribution is -2.03. The Morgan fingerprint density at radius 3 is 1.58 bits per heavy atom. The van der Waals surface area contributed by atoms with Gasteiger partial charge in [-0.3, -0.25) is 0 Å². The number of esters is 1. The van der Waals surface area contributed by atoms with Crippen LogP contribution in [0.25, 0.3) is 0 Å². The van der Waals surface area contributed by atoms with Crippen molar-refractivity contribution in [3.8, 4) is 0 Å². The Labute approximate surface area is 116 Å². The maximum atomic E-state index is 10.5. The Bertz CT molecular complexity index is 345. The fourth-order valence-electron chi connectivity index (χ4n) is 0.643. The van der Waals surface area contributed by atoms with Gasteiger partial charge in [0.15, 0.2) is 0 Å². The highest BCUT2D eigenvalue weighted by atomic mass is 16.5. The van der Waals surface area contributed by atoms with Crippen molar-refractivity contribution in [2.45, 2.75) is 6.92 Å². The standard InChI is InChI=1S/C7H10O2.C6H6.C4H6/c1-4-5-9-7(8)6(2)3;1-2-4-6-5-3-1;1-3-4-2/h4H,1-2,5H2,3H3;1-6H;3-4H,1-2H2. The van der Waals surface area contributed by atoms with E-state index in [1.54, 1.807) is 19.1 Å². The Hall–Kier alpha value is -2.35. The van der Waals surface area contributed by atoms with Gasteiger partial charge in [-0.1, -0.05) is 80.9 Å². The van der Waals surface area contributed by atoms with Gasteiger partial charge in [-0.15, -0.1) is 0 Å². The van der Waals surface area contributed by atoms with Crippen LogP contribution in [0.2, 0.25) is 0 Å². The van der Waals surface area contributed by atoms with Crippen molar-refractivity contribution in [3.63, 3.8) is 0 Å². The average Bonchev–Trinajstić information content (AvgIpc) is 2.47. The fourth-order valence-corrected chi connectivity index (χ4v) is 0.643. The van der Waals surface area contributed by atoms with Crippen molar-refractivity contribution < 1.29 is 9.53 Å². The molecule has 0 aliphatic carbocycles. The van der Waals surface area contributed by atoms with Crippen molar-refractivity contribution in [3.05, 3.63) is 86.5 Å². The highest BCUT2D eigenvalue weighted by Gasteiger charge is 1.98. The number of hydrogen-bond donors (Lipinski definition) is 0. The smallest absolute Gasteiger partial charge is 0.333 e. The van der Waals surface area contributed by atoms with E-state index in [1.807, 2.05) is 36.4 Å². The molecule has 0 radical (unpaired) electrons. The van der Waals surface area contributed by atoms with Crippen molar-refractivity contribution in [1.29, 1.82) is 0 Å². The SMILES string of the molecule is C=CC=C.C=CCOC(=O)C(=C)C.c1ccccc1. The second-order valence-electron chi connectivity index (χ2n) is 3.29. The van der Waals surface area contributed by atoms with Gasteiger partial charge in [-0.25, -0.2) is 4.79 Å². The number of carbonyl (C=O) groups is 1. The molecule has 0 amide bonds. The summed E-state index contributed by atoms with van der Waals surface area (Å²) in [6.45, 7) is 15.4. The molecule has 0 fully saturated rings. The van der Waals surface area contributed by atoms with Crippen LogP contribution in [0.3, 0.4) is 0 Å². The topological polar surface area (TPSA) is 26.3 Å². The lowest BCUT2D eigenvalue weighted by atomic mass is 10.4. The molecule has 0 aromatic heterocycles. The monoisotopic (exact) mass is 258 g/mol. The number of benzene rings is 1. The Balaban J connectivity index is 0. The summed E-state index contributed by atoms with van der Waals surface area (Å²) in [7, 11) is 0. The largest absolute Gasteiger partial charge is 0.458 e. The Kier molecular flexibility index (Phi) is 15.7. The van der Waals surface area contributed by atoms with Gasteiger partial charge >= 0.3 is 5.97 Å². The fraction of sp³-hybridized carbons (Fsp3) is 0.118. The van der Waals surface area contributed by atoms with E-state index < -0.39 is 0 Å². The van der Waals surface area contributed by atoms with Crippen LogP contribution in [0.15, 0.2) is 86.5 Å². The number of carbonyl (C=O) groups excluding carboxylic acids is 1. The van der Waals surface area contributed by atoms with Gasteiger partial charge in [0.2, 0.25) is 0 Å². The van der Waals surface area contributed by atoms with Gasteiger partial charge < -0.3 is 4.74 Å². The molecule has 2 heteroatoms. The average molecular weight is 258 g/mol. The van der Waals surface area contributed by atoms with E-state index in [-0.39, 0.29) is 12.6 Å². The minimum absolute atomic E-state index is 0.256. The minimum atomic E-state index is -0.366. The van der Waals surface area contributed by atoms with Crippen molar-refractivity contribution in [1.82, 2.24) is 0 Å². The van der Waals surface area contributed by atoms with E-state index in [0.717, 1.165) is 0 Å². The third kappa shape index (κ3) is 18.2. The van der Waals surface area contributed by atoms with Crippen molar-refractivity contribution >= 4 is 5.97 Å². The summed E-state index contributed by atoms with van der Waals surface area (Å²) in [5.74, 6) is -0.366. The maximum absolute atomic E-state index is 10.5. The van der Waals surface area contributed by atoms with Gasteiger partial charge in [0.05, 0.1) is 0 Å². The predicted octanol–water partition coefficient (Wildman–Crippen LogP) is 4.34. The molecule has 1 aromatic carbocycles. The molecule has 0 unspecified atom stereocenters. The molecule has 0 saturated carbocycles. The molecule has 102 valence electrons. The van der Waals surface area contributed by atoms with Crippen LogP contribution in [0.4, 0.5) is 0 Å². The van der Waals surface area contributed by atoms with Crippen molar-refractivity contribution in [2.75, 3.05) is 6.61 Å². The van der Waals surface area contributed by atoms with Crippen LogP contribution in [-0.4, -0.2) is 12.6 Å². The lowest BCUT2D eigenvalue weighted by Gasteiger charge is -1.97. The molecule has 0 saturated heterocycles. The molecule has 0 aliphatic heterocycles. The quantitative estimate of drug-likeness (QED) is 0.347. The first-order valence-corrected chi connectivity index (χ1v) is 5.77. The molecule has 0 heterocycles.